The first-order chi connectivity index (χ1) is 26.8. The van der Waals surface area contributed by atoms with Gasteiger partial charge in [0.25, 0.3) is 0 Å². The average Bonchev–Trinajstić information content (AvgIpc) is 3.18. The predicted octanol–water partition coefficient (Wildman–Crippen LogP) is 8.66. The summed E-state index contributed by atoms with van der Waals surface area (Å²) in [6.07, 6.45) is 35.1. The number of carbonyl (C=O) groups is 2. The average molecular weight is 777 g/mol. The van der Waals surface area contributed by atoms with Gasteiger partial charge in [-0.25, -0.2) is 0 Å². The van der Waals surface area contributed by atoms with E-state index in [4.69, 9.17) is 18.9 Å². The third-order valence-corrected chi connectivity index (χ3v) is 9.39. The number of esters is 2. The highest BCUT2D eigenvalue weighted by Gasteiger charge is 2.44. The lowest BCUT2D eigenvalue weighted by Crippen LogP contribution is -2.59. The Balaban J connectivity index is 2.38. The van der Waals surface area contributed by atoms with E-state index in [9.17, 15) is 30.0 Å². The molecule has 0 aromatic heterocycles. The van der Waals surface area contributed by atoms with Crippen molar-refractivity contribution in [3.8, 4) is 0 Å². The van der Waals surface area contributed by atoms with E-state index in [0.717, 1.165) is 96.3 Å². The summed E-state index contributed by atoms with van der Waals surface area (Å²) in [7, 11) is 0. The molecule has 0 aromatic rings. The quantitative estimate of drug-likeness (QED) is 0.0284. The fourth-order valence-electron chi connectivity index (χ4n) is 6.00. The van der Waals surface area contributed by atoms with Gasteiger partial charge in [-0.1, -0.05) is 126 Å². The van der Waals surface area contributed by atoms with E-state index < -0.39 is 55.4 Å². The Kier molecular flexibility index (Phi) is 32.8. The monoisotopic (exact) mass is 777 g/mol. The molecular weight excluding hydrogens is 700 g/mol. The topological polar surface area (TPSA) is 152 Å². The van der Waals surface area contributed by atoms with Crippen molar-refractivity contribution in [2.75, 3.05) is 19.8 Å². The van der Waals surface area contributed by atoms with E-state index in [1.807, 2.05) is 0 Å². The van der Waals surface area contributed by atoms with Crippen LogP contribution in [0.25, 0.3) is 0 Å². The Bertz CT molecular complexity index is 1080. The number of ether oxygens (including phenoxy) is 4. The minimum Gasteiger partial charge on any atom is -0.462 e. The summed E-state index contributed by atoms with van der Waals surface area (Å²) in [6, 6.07) is 0. The van der Waals surface area contributed by atoms with Crippen molar-refractivity contribution in [1.82, 2.24) is 0 Å². The Labute approximate surface area is 332 Å². The number of rotatable bonds is 34. The molecule has 1 aliphatic heterocycles. The normalized spacial score (nSPS) is 21.2. The molecule has 1 aliphatic rings. The number of hydrogen-bond acceptors (Lipinski definition) is 10. The van der Waals surface area contributed by atoms with Gasteiger partial charge >= 0.3 is 11.9 Å². The van der Waals surface area contributed by atoms with Crippen molar-refractivity contribution in [2.45, 2.75) is 192 Å². The van der Waals surface area contributed by atoms with Crippen molar-refractivity contribution in [1.29, 1.82) is 0 Å². The van der Waals surface area contributed by atoms with E-state index in [-0.39, 0.29) is 26.1 Å². The third kappa shape index (κ3) is 27.6. The summed E-state index contributed by atoms with van der Waals surface area (Å²) in [5.41, 5.74) is 0. The number of allylic oxidation sites excluding steroid dienone is 10. The lowest BCUT2D eigenvalue weighted by molar-refractivity contribution is -0.305. The van der Waals surface area contributed by atoms with Crippen molar-refractivity contribution >= 4 is 11.9 Å². The van der Waals surface area contributed by atoms with Crippen LogP contribution in [0.3, 0.4) is 0 Å². The molecule has 0 aromatic carbocycles. The molecular formula is C45H76O10. The van der Waals surface area contributed by atoms with Crippen LogP contribution in [0.2, 0.25) is 0 Å². The van der Waals surface area contributed by atoms with Crippen LogP contribution in [0.1, 0.15) is 155 Å². The molecule has 1 saturated heterocycles. The number of carbonyl (C=O) groups excluding carboxylic acids is 2. The van der Waals surface area contributed by atoms with Gasteiger partial charge in [-0.05, 0) is 77.0 Å². The van der Waals surface area contributed by atoms with Gasteiger partial charge in [-0.2, -0.15) is 0 Å². The van der Waals surface area contributed by atoms with Crippen molar-refractivity contribution in [2.24, 2.45) is 0 Å². The Hall–Kier alpha value is -2.60. The molecule has 0 amide bonds. The third-order valence-electron chi connectivity index (χ3n) is 9.39. The molecule has 0 unspecified atom stereocenters. The van der Waals surface area contributed by atoms with Crippen molar-refractivity contribution < 1.29 is 49.0 Å². The van der Waals surface area contributed by atoms with Crippen molar-refractivity contribution in [3.05, 3.63) is 60.8 Å². The van der Waals surface area contributed by atoms with E-state index in [1.165, 1.54) is 19.3 Å². The van der Waals surface area contributed by atoms with Crippen molar-refractivity contribution in [3.63, 3.8) is 0 Å². The van der Waals surface area contributed by atoms with Gasteiger partial charge in [0.15, 0.2) is 12.4 Å². The molecule has 0 saturated carbocycles. The summed E-state index contributed by atoms with van der Waals surface area (Å²) >= 11 is 0. The van der Waals surface area contributed by atoms with Gasteiger partial charge in [0.05, 0.1) is 13.2 Å². The molecule has 1 heterocycles. The minimum absolute atomic E-state index is 0.207. The molecule has 10 heteroatoms. The summed E-state index contributed by atoms with van der Waals surface area (Å²) < 4.78 is 22.1. The Morgan fingerprint density at radius 2 is 1.07 bits per heavy atom. The molecule has 0 aliphatic carbocycles. The summed E-state index contributed by atoms with van der Waals surface area (Å²) in [5.74, 6) is -0.848. The zero-order valence-electron chi connectivity index (χ0n) is 34.2. The first kappa shape index (κ1) is 50.4. The van der Waals surface area contributed by atoms with Crippen LogP contribution in [-0.2, 0) is 28.5 Å². The van der Waals surface area contributed by atoms with Gasteiger partial charge in [0, 0.05) is 12.8 Å². The lowest BCUT2D eigenvalue weighted by Gasteiger charge is -2.39. The van der Waals surface area contributed by atoms with E-state index in [0.29, 0.717) is 12.8 Å². The maximum Gasteiger partial charge on any atom is 0.306 e. The fourth-order valence-corrected chi connectivity index (χ4v) is 6.00. The second kappa shape index (κ2) is 35.8. The summed E-state index contributed by atoms with van der Waals surface area (Å²) in [6.45, 7) is 3.23. The van der Waals surface area contributed by atoms with Crippen LogP contribution in [0.4, 0.5) is 0 Å². The first-order valence-electron chi connectivity index (χ1n) is 21.4. The minimum atomic E-state index is -1.60. The Morgan fingerprint density at radius 3 is 1.62 bits per heavy atom. The number of aliphatic hydroxyl groups excluding tert-OH is 4. The predicted molar refractivity (Wildman–Crippen MR) is 219 cm³/mol. The molecule has 0 bridgehead atoms. The zero-order chi connectivity index (χ0) is 40.2. The zero-order valence-corrected chi connectivity index (χ0v) is 34.2. The second-order valence-electron chi connectivity index (χ2n) is 14.4. The first-order valence-corrected chi connectivity index (χ1v) is 21.4. The maximum absolute atomic E-state index is 12.7. The maximum atomic E-state index is 12.7. The van der Waals surface area contributed by atoms with Gasteiger partial charge < -0.3 is 39.4 Å². The van der Waals surface area contributed by atoms with Gasteiger partial charge in [-0.3, -0.25) is 9.59 Å². The van der Waals surface area contributed by atoms with Gasteiger partial charge in [-0.15, -0.1) is 0 Å². The number of aliphatic hydroxyl groups is 4. The van der Waals surface area contributed by atoms with Crippen LogP contribution in [0.5, 0.6) is 0 Å². The molecule has 316 valence electrons. The molecule has 0 radical (unpaired) electrons. The van der Waals surface area contributed by atoms with E-state index in [1.54, 1.807) is 0 Å². The van der Waals surface area contributed by atoms with Crippen LogP contribution in [-0.4, -0.2) is 89.0 Å². The second-order valence-corrected chi connectivity index (χ2v) is 14.4. The summed E-state index contributed by atoms with van der Waals surface area (Å²) in [4.78, 5) is 25.3. The molecule has 1 fully saturated rings. The molecule has 10 nitrogen and oxygen atoms in total. The molecule has 55 heavy (non-hydrogen) atoms. The van der Waals surface area contributed by atoms with Crippen LogP contribution in [0.15, 0.2) is 60.8 Å². The molecule has 4 N–H and O–H groups in total. The SMILES string of the molecule is CC/C=C\C/C=C\C/C=C\CCCCCCCC(=O)OC[C@H](CO[C@@H]1O[C@H](CO)[C@@H](O)[C@H](O)[C@H]1O)OC(=O)CCCCCCC/C=C\C/C=C\CCCCC. The van der Waals surface area contributed by atoms with Crippen LogP contribution >= 0.6 is 0 Å². The fraction of sp³-hybridized carbons (Fsp3) is 0.733. The highest BCUT2D eigenvalue weighted by atomic mass is 16.7. The standard InChI is InChI=1S/C45H76O10/c1-3-5-7-9-11-13-15-17-19-21-23-25-27-29-31-33-40(47)52-36-38(37-53-45-44(51)43(50)42(49)39(35-46)55-45)54-41(48)34-32-30-28-26-24-22-20-18-16-14-12-10-8-6-4-2/h5,7,11-14,17-20,38-39,42-46,49-51H,3-4,6,8-10,15-16,21-37H2,1-2H3/b7-5-,13-11-,14-12-,19-17-,20-18-/t38-,39-,42-,43+,44-,45-/m1/s1. The molecule has 0 spiro atoms. The van der Waals surface area contributed by atoms with Gasteiger partial charge in [0.1, 0.15) is 31.0 Å². The number of unbranched alkanes of at least 4 members (excludes halogenated alkanes) is 13. The largest absolute Gasteiger partial charge is 0.462 e. The highest BCUT2D eigenvalue weighted by molar-refractivity contribution is 5.70. The van der Waals surface area contributed by atoms with E-state index in [2.05, 4.69) is 74.6 Å². The molecule has 1 rings (SSSR count). The highest BCUT2D eigenvalue weighted by Crippen LogP contribution is 2.22. The Morgan fingerprint density at radius 1 is 0.582 bits per heavy atom. The molecule has 6 atom stereocenters. The van der Waals surface area contributed by atoms with Crippen LogP contribution < -0.4 is 0 Å². The van der Waals surface area contributed by atoms with Gasteiger partial charge in [0.2, 0.25) is 0 Å². The number of hydrogen-bond donors (Lipinski definition) is 4. The smallest absolute Gasteiger partial charge is 0.306 e. The van der Waals surface area contributed by atoms with Crippen LogP contribution in [0, 0.1) is 0 Å². The van der Waals surface area contributed by atoms with E-state index >= 15 is 0 Å². The lowest BCUT2D eigenvalue weighted by atomic mass is 9.99. The summed E-state index contributed by atoms with van der Waals surface area (Å²) in [5, 5.41) is 40.0.